The highest BCUT2D eigenvalue weighted by Crippen LogP contribution is 2.14. The van der Waals surface area contributed by atoms with Crippen molar-refractivity contribution in [3.63, 3.8) is 0 Å². The van der Waals surface area contributed by atoms with E-state index in [1.165, 1.54) is 13.8 Å². The third-order valence-electron chi connectivity index (χ3n) is 2.44. The van der Waals surface area contributed by atoms with E-state index < -0.39 is 0 Å². The summed E-state index contributed by atoms with van der Waals surface area (Å²) in [6, 6.07) is 7.74. The van der Waals surface area contributed by atoms with Crippen LogP contribution in [0.25, 0.3) is 0 Å². The average molecular weight is 234 g/mol. The first-order valence-corrected chi connectivity index (χ1v) is 5.60. The van der Waals surface area contributed by atoms with Crippen molar-refractivity contribution >= 4 is 17.5 Å². The van der Waals surface area contributed by atoms with E-state index >= 15 is 0 Å². The Balaban J connectivity index is 2.69. The molecule has 2 amide bonds. The highest BCUT2D eigenvalue weighted by atomic mass is 16.2. The summed E-state index contributed by atoms with van der Waals surface area (Å²) < 4.78 is 0. The van der Waals surface area contributed by atoms with E-state index in [0.717, 1.165) is 11.3 Å². The Bertz CT molecular complexity index is 398. The molecule has 1 N–H and O–H groups in total. The fraction of sp³-hybridized carbons (Fsp3) is 0.385. The molecule has 0 heterocycles. The SMILES string of the molecule is CC(=O)NCCN(C(C)=O)c1ccc(C)cc1. The third kappa shape index (κ3) is 4.26. The summed E-state index contributed by atoms with van der Waals surface area (Å²) in [5.74, 6) is -0.114. The molecule has 0 aromatic heterocycles. The van der Waals surface area contributed by atoms with Crippen LogP contribution in [0.15, 0.2) is 24.3 Å². The second kappa shape index (κ2) is 6.03. The van der Waals surface area contributed by atoms with Crippen LogP contribution in [-0.4, -0.2) is 24.9 Å². The molecule has 0 aliphatic rings. The maximum Gasteiger partial charge on any atom is 0.223 e. The summed E-state index contributed by atoms with van der Waals surface area (Å²) in [6.45, 7) is 5.93. The molecule has 92 valence electrons. The number of nitrogens with zero attached hydrogens (tertiary/aromatic N) is 1. The van der Waals surface area contributed by atoms with Crippen molar-refractivity contribution in [2.45, 2.75) is 20.8 Å². The van der Waals surface area contributed by atoms with Gasteiger partial charge in [0.05, 0.1) is 0 Å². The van der Waals surface area contributed by atoms with Gasteiger partial charge in [-0.05, 0) is 19.1 Å². The number of hydrogen-bond acceptors (Lipinski definition) is 2. The molecular formula is C13H18N2O2. The normalized spacial score (nSPS) is 9.82. The first-order valence-electron chi connectivity index (χ1n) is 5.60. The summed E-state index contributed by atoms with van der Waals surface area (Å²) in [7, 11) is 0. The average Bonchev–Trinajstić information content (AvgIpc) is 2.25. The predicted molar refractivity (Wildman–Crippen MR) is 67.9 cm³/mol. The zero-order chi connectivity index (χ0) is 12.8. The highest BCUT2D eigenvalue weighted by Gasteiger charge is 2.10. The van der Waals surface area contributed by atoms with Gasteiger partial charge < -0.3 is 10.2 Å². The molecule has 1 aromatic rings. The van der Waals surface area contributed by atoms with E-state index in [1.54, 1.807) is 4.90 Å². The Labute approximate surface area is 102 Å². The van der Waals surface area contributed by atoms with Crippen LogP contribution in [-0.2, 0) is 9.59 Å². The van der Waals surface area contributed by atoms with Gasteiger partial charge in [0, 0.05) is 32.6 Å². The number of benzene rings is 1. The molecule has 0 unspecified atom stereocenters. The summed E-state index contributed by atoms with van der Waals surface area (Å²) in [4.78, 5) is 23.9. The number of anilines is 1. The van der Waals surface area contributed by atoms with Crippen LogP contribution in [0.1, 0.15) is 19.4 Å². The van der Waals surface area contributed by atoms with E-state index in [9.17, 15) is 9.59 Å². The van der Waals surface area contributed by atoms with Gasteiger partial charge in [0.15, 0.2) is 0 Å². The number of nitrogens with one attached hydrogen (secondary N) is 1. The molecule has 1 aromatic carbocycles. The predicted octanol–water partition coefficient (Wildman–Crippen LogP) is 1.48. The van der Waals surface area contributed by atoms with E-state index in [0.29, 0.717) is 13.1 Å². The number of carbonyl (C=O) groups is 2. The maximum absolute atomic E-state index is 11.5. The largest absolute Gasteiger partial charge is 0.355 e. The zero-order valence-electron chi connectivity index (χ0n) is 10.5. The summed E-state index contributed by atoms with van der Waals surface area (Å²) in [6.07, 6.45) is 0. The van der Waals surface area contributed by atoms with Gasteiger partial charge in [0.1, 0.15) is 0 Å². The van der Waals surface area contributed by atoms with E-state index in [-0.39, 0.29) is 11.8 Å². The first kappa shape index (κ1) is 13.2. The number of amides is 2. The summed E-state index contributed by atoms with van der Waals surface area (Å²) in [5.41, 5.74) is 2.01. The second-order valence-electron chi connectivity index (χ2n) is 3.99. The minimum atomic E-state index is -0.0857. The lowest BCUT2D eigenvalue weighted by Gasteiger charge is -2.21. The first-order chi connectivity index (χ1) is 8.00. The van der Waals surface area contributed by atoms with Gasteiger partial charge in [-0.25, -0.2) is 0 Å². The van der Waals surface area contributed by atoms with Gasteiger partial charge in [0.25, 0.3) is 0 Å². The van der Waals surface area contributed by atoms with Crippen LogP contribution in [0.2, 0.25) is 0 Å². The molecule has 0 atom stereocenters. The molecule has 1 rings (SSSR count). The minimum absolute atomic E-state index is 0.0285. The summed E-state index contributed by atoms with van der Waals surface area (Å²) in [5, 5.41) is 2.68. The molecule has 0 aliphatic heterocycles. The van der Waals surface area contributed by atoms with Crippen molar-refractivity contribution < 1.29 is 9.59 Å². The standard InChI is InChI=1S/C13H18N2O2/c1-10-4-6-13(7-5-10)15(12(3)17)9-8-14-11(2)16/h4-7H,8-9H2,1-3H3,(H,14,16). The van der Waals surface area contributed by atoms with Crippen molar-refractivity contribution in [1.82, 2.24) is 5.32 Å². The van der Waals surface area contributed by atoms with E-state index in [1.807, 2.05) is 31.2 Å². The Kier molecular flexibility index (Phi) is 4.69. The lowest BCUT2D eigenvalue weighted by Crippen LogP contribution is -2.36. The number of aryl methyl sites for hydroxylation is 1. The Morgan fingerprint density at radius 1 is 1.18 bits per heavy atom. The second-order valence-corrected chi connectivity index (χ2v) is 3.99. The van der Waals surface area contributed by atoms with Gasteiger partial charge in [-0.1, -0.05) is 17.7 Å². The van der Waals surface area contributed by atoms with Crippen LogP contribution >= 0.6 is 0 Å². The number of hydrogen-bond donors (Lipinski definition) is 1. The maximum atomic E-state index is 11.5. The van der Waals surface area contributed by atoms with Crippen molar-refractivity contribution in [2.24, 2.45) is 0 Å². The van der Waals surface area contributed by atoms with Crippen molar-refractivity contribution in [1.29, 1.82) is 0 Å². The van der Waals surface area contributed by atoms with Gasteiger partial charge in [-0.2, -0.15) is 0 Å². The monoisotopic (exact) mass is 234 g/mol. The lowest BCUT2D eigenvalue weighted by atomic mass is 10.2. The minimum Gasteiger partial charge on any atom is -0.355 e. The lowest BCUT2D eigenvalue weighted by molar-refractivity contribution is -0.119. The van der Waals surface area contributed by atoms with Crippen molar-refractivity contribution in [2.75, 3.05) is 18.0 Å². The molecule has 4 heteroatoms. The molecule has 0 bridgehead atoms. The molecule has 0 aliphatic carbocycles. The highest BCUT2D eigenvalue weighted by molar-refractivity contribution is 5.91. The van der Waals surface area contributed by atoms with Gasteiger partial charge in [-0.3, -0.25) is 9.59 Å². The molecule has 0 spiro atoms. The topological polar surface area (TPSA) is 49.4 Å². The molecule has 0 fully saturated rings. The molecule has 0 saturated carbocycles. The van der Waals surface area contributed by atoms with Crippen molar-refractivity contribution in [3.8, 4) is 0 Å². The quantitative estimate of drug-likeness (QED) is 0.858. The van der Waals surface area contributed by atoms with Gasteiger partial charge >= 0.3 is 0 Å². The van der Waals surface area contributed by atoms with Crippen molar-refractivity contribution in [3.05, 3.63) is 29.8 Å². The summed E-state index contributed by atoms with van der Waals surface area (Å²) >= 11 is 0. The van der Waals surface area contributed by atoms with Crippen LogP contribution in [0.4, 0.5) is 5.69 Å². The molecular weight excluding hydrogens is 216 g/mol. The molecule has 17 heavy (non-hydrogen) atoms. The number of rotatable bonds is 4. The van der Waals surface area contributed by atoms with Gasteiger partial charge in [0.2, 0.25) is 11.8 Å². The molecule has 0 saturated heterocycles. The van der Waals surface area contributed by atoms with Gasteiger partial charge in [-0.15, -0.1) is 0 Å². The van der Waals surface area contributed by atoms with Crippen LogP contribution in [0, 0.1) is 6.92 Å². The van der Waals surface area contributed by atoms with Crippen LogP contribution in [0.3, 0.4) is 0 Å². The zero-order valence-corrected chi connectivity index (χ0v) is 10.5. The Hall–Kier alpha value is -1.84. The van der Waals surface area contributed by atoms with Crippen LogP contribution in [0.5, 0.6) is 0 Å². The smallest absolute Gasteiger partial charge is 0.223 e. The Morgan fingerprint density at radius 2 is 1.76 bits per heavy atom. The van der Waals surface area contributed by atoms with E-state index in [4.69, 9.17) is 0 Å². The molecule has 4 nitrogen and oxygen atoms in total. The molecule has 0 radical (unpaired) electrons. The Morgan fingerprint density at radius 3 is 2.24 bits per heavy atom. The van der Waals surface area contributed by atoms with Crippen LogP contribution < -0.4 is 10.2 Å². The third-order valence-corrected chi connectivity index (χ3v) is 2.44. The van der Waals surface area contributed by atoms with E-state index in [2.05, 4.69) is 5.32 Å². The fourth-order valence-electron chi connectivity index (χ4n) is 1.54. The number of carbonyl (C=O) groups excluding carboxylic acids is 2. The fourth-order valence-corrected chi connectivity index (χ4v) is 1.54.